The lowest BCUT2D eigenvalue weighted by atomic mass is 10.2. The molecule has 0 aliphatic carbocycles. The summed E-state index contributed by atoms with van der Waals surface area (Å²) in [6.07, 6.45) is 6.15. The van der Waals surface area contributed by atoms with E-state index in [1.54, 1.807) is 18.5 Å². The van der Waals surface area contributed by atoms with Crippen LogP contribution in [0, 0.1) is 0 Å². The summed E-state index contributed by atoms with van der Waals surface area (Å²) in [5.74, 6) is 2.30. The average molecular weight is 347 g/mol. The molecule has 0 saturated carbocycles. The lowest BCUT2D eigenvalue weighted by Gasteiger charge is -2.06. The van der Waals surface area contributed by atoms with E-state index in [4.69, 9.17) is 9.26 Å². The number of hydrogen-bond donors (Lipinski definition) is 0. The van der Waals surface area contributed by atoms with E-state index in [9.17, 15) is 0 Å². The molecule has 0 saturated heterocycles. The molecule has 3 aromatic heterocycles. The Morgan fingerprint density at radius 3 is 2.88 bits per heavy atom. The average Bonchev–Trinajstić information content (AvgIpc) is 3.15. The van der Waals surface area contributed by atoms with Crippen LogP contribution in [0.3, 0.4) is 0 Å². The SMILES string of the molecule is CCCCc1nc(-c2cccc(Oc3ccc4nccnc4n3)c2)no1. The molecule has 0 atom stereocenters. The number of unbranched alkanes of at least 4 members (excludes halogenated alkanes) is 1. The van der Waals surface area contributed by atoms with Crippen LogP contribution in [0.1, 0.15) is 25.7 Å². The minimum absolute atomic E-state index is 0.451. The van der Waals surface area contributed by atoms with Crippen molar-refractivity contribution in [1.29, 1.82) is 0 Å². The summed E-state index contributed by atoms with van der Waals surface area (Å²) in [5.41, 5.74) is 2.09. The zero-order valence-electron chi connectivity index (χ0n) is 14.3. The van der Waals surface area contributed by atoms with Crippen molar-refractivity contribution < 1.29 is 9.26 Å². The number of ether oxygens (including phenoxy) is 1. The second-order valence-electron chi connectivity index (χ2n) is 5.79. The highest BCUT2D eigenvalue weighted by Gasteiger charge is 2.10. The van der Waals surface area contributed by atoms with Gasteiger partial charge in [-0.1, -0.05) is 30.6 Å². The van der Waals surface area contributed by atoms with E-state index in [1.807, 2.05) is 30.3 Å². The van der Waals surface area contributed by atoms with E-state index in [2.05, 4.69) is 32.0 Å². The molecule has 0 radical (unpaired) electrons. The second kappa shape index (κ2) is 7.26. The van der Waals surface area contributed by atoms with Crippen LogP contribution in [0.4, 0.5) is 0 Å². The fourth-order valence-electron chi connectivity index (χ4n) is 2.51. The molecule has 7 nitrogen and oxygen atoms in total. The van der Waals surface area contributed by atoms with Gasteiger partial charge in [0.2, 0.25) is 17.6 Å². The Labute approximate surface area is 150 Å². The number of fused-ring (bicyclic) bond motifs is 1. The maximum absolute atomic E-state index is 5.86. The van der Waals surface area contributed by atoms with Crippen molar-refractivity contribution in [2.24, 2.45) is 0 Å². The molecule has 26 heavy (non-hydrogen) atoms. The fraction of sp³-hybridized carbons (Fsp3) is 0.211. The lowest BCUT2D eigenvalue weighted by molar-refractivity contribution is 0.375. The predicted octanol–water partition coefficient (Wildman–Crippen LogP) is 4.21. The number of benzene rings is 1. The highest BCUT2D eigenvalue weighted by molar-refractivity contribution is 5.69. The molecule has 7 heteroatoms. The van der Waals surface area contributed by atoms with Crippen molar-refractivity contribution in [2.75, 3.05) is 0 Å². The smallest absolute Gasteiger partial charge is 0.226 e. The number of rotatable bonds is 6. The molecule has 0 bridgehead atoms. The van der Waals surface area contributed by atoms with Crippen LogP contribution in [0.2, 0.25) is 0 Å². The van der Waals surface area contributed by atoms with Crippen molar-refractivity contribution in [3.05, 3.63) is 54.7 Å². The molecule has 1 aromatic carbocycles. The van der Waals surface area contributed by atoms with Crippen molar-refractivity contribution in [3.8, 4) is 23.0 Å². The van der Waals surface area contributed by atoms with E-state index in [0.717, 1.165) is 30.3 Å². The van der Waals surface area contributed by atoms with Gasteiger partial charge in [0, 0.05) is 30.4 Å². The summed E-state index contributed by atoms with van der Waals surface area (Å²) in [6, 6.07) is 11.1. The van der Waals surface area contributed by atoms with Gasteiger partial charge < -0.3 is 9.26 Å². The molecule has 3 heterocycles. The van der Waals surface area contributed by atoms with Gasteiger partial charge in [0.25, 0.3) is 0 Å². The largest absolute Gasteiger partial charge is 0.439 e. The summed E-state index contributed by atoms with van der Waals surface area (Å²) in [5, 5.41) is 4.05. The third-order valence-corrected chi connectivity index (χ3v) is 3.83. The molecule has 0 aliphatic heterocycles. The maximum Gasteiger partial charge on any atom is 0.226 e. The van der Waals surface area contributed by atoms with Gasteiger partial charge in [0.15, 0.2) is 5.65 Å². The Morgan fingerprint density at radius 2 is 1.96 bits per heavy atom. The zero-order chi connectivity index (χ0) is 17.8. The van der Waals surface area contributed by atoms with Crippen LogP contribution < -0.4 is 4.74 Å². The van der Waals surface area contributed by atoms with Crippen molar-refractivity contribution in [3.63, 3.8) is 0 Å². The van der Waals surface area contributed by atoms with E-state index >= 15 is 0 Å². The molecular formula is C19H17N5O2. The van der Waals surface area contributed by atoms with E-state index in [1.165, 1.54) is 0 Å². The van der Waals surface area contributed by atoms with Gasteiger partial charge in [-0.2, -0.15) is 9.97 Å². The zero-order valence-corrected chi connectivity index (χ0v) is 14.3. The van der Waals surface area contributed by atoms with Crippen molar-refractivity contribution in [2.45, 2.75) is 26.2 Å². The van der Waals surface area contributed by atoms with Crippen LogP contribution in [0.15, 0.2) is 53.3 Å². The first-order chi connectivity index (χ1) is 12.8. The van der Waals surface area contributed by atoms with Gasteiger partial charge in [-0.3, -0.25) is 4.98 Å². The van der Waals surface area contributed by atoms with Crippen LogP contribution in [-0.4, -0.2) is 25.1 Å². The molecule has 4 rings (SSSR count). The third kappa shape index (κ3) is 3.51. The van der Waals surface area contributed by atoms with Crippen LogP contribution >= 0.6 is 0 Å². The minimum Gasteiger partial charge on any atom is -0.439 e. The molecule has 0 N–H and O–H groups in total. The first-order valence-electron chi connectivity index (χ1n) is 8.50. The summed E-state index contributed by atoms with van der Waals surface area (Å²) in [7, 11) is 0. The molecular weight excluding hydrogens is 330 g/mol. The van der Waals surface area contributed by atoms with E-state index in [0.29, 0.717) is 29.0 Å². The van der Waals surface area contributed by atoms with Gasteiger partial charge >= 0.3 is 0 Å². The number of aromatic nitrogens is 5. The molecule has 0 aliphatic rings. The second-order valence-corrected chi connectivity index (χ2v) is 5.79. The maximum atomic E-state index is 5.86. The van der Waals surface area contributed by atoms with Crippen LogP contribution in [0.5, 0.6) is 11.6 Å². The van der Waals surface area contributed by atoms with Gasteiger partial charge in [-0.15, -0.1) is 0 Å². The molecule has 130 valence electrons. The number of nitrogens with zero attached hydrogens (tertiary/aromatic N) is 5. The van der Waals surface area contributed by atoms with E-state index < -0.39 is 0 Å². The Kier molecular flexibility index (Phi) is 4.51. The fourth-order valence-corrected chi connectivity index (χ4v) is 2.51. The Balaban J connectivity index is 1.55. The topological polar surface area (TPSA) is 86.8 Å². The Hall–Kier alpha value is -3.35. The normalized spacial score (nSPS) is 11.0. The first-order valence-corrected chi connectivity index (χ1v) is 8.50. The van der Waals surface area contributed by atoms with Crippen LogP contribution in [-0.2, 0) is 6.42 Å². The summed E-state index contributed by atoms with van der Waals surface area (Å²) < 4.78 is 11.2. The Morgan fingerprint density at radius 1 is 1.04 bits per heavy atom. The summed E-state index contributed by atoms with van der Waals surface area (Å²) in [4.78, 5) is 17.2. The van der Waals surface area contributed by atoms with Gasteiger partial charge in [0.05, 0.1) is 0 Å². The van der Waals surface area contributed by atoms with Crippen LogP contribution in [0.25, 0.3) is 22.6 Å². The monoisotopic (exact) mass is 347 g/mol. The quantitative estimate of drug-likeness (QED) is 0.516. The molecule has 0 fully saturated rings. The van der Waals surface area contributed by atoms with Gasteiger partial charge in [-0.25, -0.2) is 4.98 Å². The predicted molar refractivity (Wildman–Crippen MR) is 95.8 cm³/mol. The highest BCUT2D eigenvalue weighted by Crippen LogP contribution is 2.26. The lowest BCUT2D eigenvalue weighted by Crippen LogP contribution is -1.92. The van der Waals surface area contributed by atoms with Crippen molar-refractivity contribution in [1.82, 2.24) is 25.1 Å². The van der Waals surface area contributed by atoms with Crippen molar-refractivity contribution >= 4 is 11.2 Å². The minimum atomic E-state index is 0.451. The third-order valence-electron chi connectivity index (χ3n) is 3.83. The molecule has 0 amide bonds. The van der Waals surface area contributed by atoms with E-state index in [-0.39, 0.29) is 0 Å². The standard InChI is InChI=1S/C19H17N5O2/c1-2-3-7-17-23-18(24-26-17)13-5-4-6-14(12-13)25-16-9-8-15-19(22-16)21-11-10-20-15/h4-6,8-12H,2-3,7H2,1H3. The molecule has 4 aromatic rings. The van der Waals surface area contributed by atoms with Gasteiger partial charge in [0.1, 0.15) is 11.3 Å². The Bertz CT molecular complexity index is 1030. The highest BCUT2D eigenvalue weighted by atomic mass is 16.5. The summed E-state index contributed by atoms with van der Waals surface area (Å²) >= 11 is 0. The number of pyridine rings is 1. The molecule has 0 spiro atoms. The summed E-state index contributed by atoms with van der Waals surface area (Å²) in [6.45, 7) is 2.13. The number of aryl methyl sites for hydroxylation is 1. The molecule has 0 unspecified atom stereocenters. The number of hydrogen-bond acceptors (Lipinski definition) is 7. The first kappa shape index (κ1) is 16.1. The van der Waals surface area contributed by atoms with Gasteiger partial charge in [-0.05, 0) is 24.6 Å².